The number of hydrogen-bond acceptors (Lipinski definition) is 7. The number of aliphatic hydroxyl groups is 1. The number of nitrogens with one attached hydrogen (secondary N) is 2. The summed E-state index contributed by atoms with van der Waals surface area (Å²) in [5.74, 6) is 1.11. The number of aliphatic hydroxyl groups excluding tert-OH is 1. The van der Waals surface area contributed by atoms with Crippen LogP contribution in [0.1, 0.15) is 40.4 Å². The summed E-state index contributed by atoms with van der Waals surface area (Å²) < 4.78 is 0. The fraction of sp³-hybridized carbons (Fsp3) is 0.286. The minimum Gasteiger partial charge on any atom is -0.395 e. The summed E-state index contributed by atoms with van der Waals surface area (Å²) in [6.07, 6.45) is 3.98. The number of anilines is 2. The molecular weight excluding hydrogens is 404 g/mol. The van der Waals surface area contributed by atoms with Crippen molar-refractivity contribution in [3.63, 3.8) is 0 Å². The van der Waals surface area contributed by atoms with Gasteiger partial charge in [-0.15, -0.1) is 5.10 Å². The molecule has 9 heteroatoms. The van der Waals surface area contributed by atoms with Crippen LogP contribution >= 0.6 is 11.6 Å². The third-order valence-corrected chi connectivity index (χ3v) is 5.00. The van der Waals surface area contributed by atoms with Crippen LogP contribution in [-0.4, -0.2) is 44.3 Å². The van der Waals surface area contributed by atoms with Crippen LogP contribution in [0.2, 0.25) is 5.15 Å². The molecular formula is C21H21ClN6O2. The number of benzene rings is 1. The largest absolute Gasteiger partial charge is 0.395 e. The molecule has 2 heterocycles. The van der Waals surface area contributed by atoms with Gasteiger partial charge in [0.1, 0.15) is 11.0 Å². The van der Waals surface area contributed by atoms with Crippen LogP contribution in [0.15, 0.2) is 36.5 Å². The van der Waals surface area contributed by atoms with Gasteiger partial charge in [0.2, 0.25) is 0 Å². The van der Waals surface area contributed by atoms with Crippen molar-refractivity contribution in [3.05, 3.63) is 58.5 Å². The highest BCUT2D eigenvalue weighted by molar-refractivity contribution is 6.29. The second kappa shape index (κ2) is 8.73. The first kappa shape index (κ1) is 20.2. The summed E-state index contributed by atoms with van der Waals surface area (Å²) in [5.41, 5.74) is 3.60. The molecule has 30 heavy (non-hydrogen) atoms. The first-order chi connectivity index (χ1) is 14.5. The lowest BCUT2D eigenvalue weighted by Crippen LogP contribution is -2.15. The van der Waals surface area contributed by atoms with E-state index in [-0.39, 0.29) is 23.4 Å². The predicted molar refractivity (Wildman–Crippen MR) is 115 cm³/mol. The van der Waals surface area contributed by atoms with Crippen molar-refractivity contribution in [2.24, 2.45) is 0 Å². The predicted octanol–water partition coefficient (Wildman–Crippen LogP) is 3.43. The van der Waals surface area contributed by atoms with Gasteiger partial charge in [0.15, 0.2) is 11.5 Å². The molecule has 1 fully saturated rings. The van der Waals surface area contributed by atoms with Gasteiger partial charge in [-0.1, -0.05) is 17.7 Å². The van der Waals surface area contributed by atoms with Crippen molar-refractivity contribution in [1.29, 1.82) is 0 Å². The number of rotatable bonds is 7. The Bertz CT molecular complexity index is 1090. The first-order valence-electron chi connectivity index (χ1n) is 9.68. The number of hydrogen-bond donors (Lipinski definition) is 3. The number of halogens is 1. The summed E-state index contributed by atoms with van der Waals surface area (Å²) in [7, 11) is 0. The molecule has 0 aliphatic heterocycles. The molecule has 0 atom stereocenters. The highest BCUT2D eigenvalue weighted by Gasteiger charge is 2.25. The SMILES string of the molecule is Cc1ccc(NC(=O)c2cc(C3CC3)cnn2)cc1-c1nc(Cl)cc(NCCO)n1. The van der Waals surface area contributed by atoms with Gasteiger partial charge in [-0.3, -0.25) is 4.79 Å². The molecule has 3 N–H and O–H groups in total. The summed E-state index contributed by atoms with van der Waals surface area (Å²) >= 11 is 6.14. The Labute approximate surface area is 178 Å². The number of aromatic nitrogens is 4. The molecule has 1 amide bonds. The van der Waals surface area contributed by atoms with Crippen molar-refractivity contribution in [2.75, 3.05) is 23.8 Å². The molecule has 0 unspecified atom stereocenters. The third kappa shape index (κ3) is 4.72. The van der Waals surface area contributed by atoms with Crippen LogP contribution in [-0.2, 0) is 0 Å². The van der Waals surface area contributed by atoms with Gasteiger partial charge < -0.3 is 15.7 Å². The van der Waals surface area contributed by atoms with Crippen LogP contribution in [0, 0.1) is 6.92 Å². The number of carbonyl (C=O) groups excluding carboxylic acids is 1. The molecule has 2 aromatic heterocycles. The maximum atomic E-state index is 12.7. The number of amides is 1. The zero-order valence-corrected chi connectivity index (χ0v) is 17.1. The Kier molecular flexibility index (Phi) is 5.87. The van der Waals surface area contributed by atoms with E-state index in [0.717, 1.165) is 29.5 Å². The topological polar surface area (TPSA) is 113 Å². The van der Waals surface area contributed by atoms with Gasteiger partial charge in [-0.05, 0) is 55.0 Å². The van der Waals surface area contributed by atoms with Crippen LogP contribution in [0.5, 0.6) is 0 Å². The highest BCUT2D eigenvalue weighted by atomic mass is 35.5. The Hall–Kier alpha value is -3.10. The highest BCUT2D eigenvalue weighted by Crippen LogP contribution is 2.39. The maximum absolute atomic E-state index is 12.7. The van der Waals surface area contributed by atoms with Crippen molar-refractivity contribution in [3.8, 4) is 11.4 Å². The minimum absolute atomic E-state index is 0.0255. The second-order valence-electron chi connectivity index (χ2n) is 7.18. The van der Waals surface area contributed by atoms with Gasteiger partial charge in [0, 0.05) is 23.9 Å². The summed E-state index contributed by atoms with van der Waals surface area (Å²) in [6, 6.07) is 8.88. The van der Waals surface area contributed by atoms with Gasteiger partial charge in [-0.25, -0.2) is 9.97 Å². The smallest absolute Gasteiger partial charge is 0.276 e. The molecule has 8 nitrogen and oxygen atoms in total. The van der Waals surface area contributed by atoms with E-state index in [4.69, 9.17) is 16.7 Å². The summed E-state index contributed by atoms with van der Waals surface area (Å²) in [4.78, 5) is 21.4. The molecule has 3 aromatic rings. The van der Waals surface area contributed by atoms with Crippen LogP contribution in [0.25, 0.3) is 11.4 Å². The second-order valence-corrected chi connectivity index (χ2v) is 7.57. The van der Waals surface area contributed by atoms with Gasteiger partial charge >= 0.3 is 0 Å². The lowest BCUT2D eigenvalue weighted by molar-refractivity contribution is 0.102. The molecule has 4 rings (SSSR count). The van der Waals surface area contributed by atoms with Crippen molar-refractivity contribution < 1.29 is 9.90 Å². The van der Waals surface area contributed by atoms with E-state index in [1.54, 1.807) is 24.4 Å². The number of nitrogens with zero attached hydrogens (tertiary/aromatic N) is 4. The average Bonchev–Trinajstić information content (AvgIpc) is 3.59. The fourth-order valence-electron chi connectivity index (χ4n) is 3.08. The Morgan fingerprint density at radius 3 is 2.83 bits per heavy atom. The Balaban J connectivity index is 1.58. The van der Waals surface area contributed by atoms with Crippen LogP contribution < -0.4 is 10.6 Å². The number of carbonyl (C=O) groups is 1. The zero-order valence-electron chi connectivity index (χ0n) is 16.4. The summed E-state index contributed by atoms with van der Waals surface area (Å²) in [5, 5.41) is 23.1. The molecule has 154 valence electrons. The normalized spacial score (nSPS) is 13.2. The van der Waals surface area contributed by atoms with Gasteiger partial charge in [0.25, 0.3) is 5.91 Å². The van der Waals surface area contributed by atoms with E-state index < -0.39 is 0 Å². The van der Waals surface area contributed by atoms with Gasteiger partial charge in [-0.2, -0.15) is 5.10 Å². The van der Waals surface area contributed by atoms with Gasteiger partial charge in [0.05, 0.1) is 12.8 Å². The van der Waals surface area contributed by atoms with E-state index in [2.05, 4.69) is 30.8 Å². The molecule has 1 aliphatic carbocycles. The zero-order chi connectivity index (χ0) is 21.1. The van der Waals surface area contributed by atoms with Crippen molar-refractivity contribution >= 4 is 29.0 Å². The fourth-order valence-corrected chi connectivity index (χ4v) is 3.26. The van der Waals surface area contributed by atoms with Crippen molar-refractivity contribution in [2.45, 2.75) is 25.7 Å². The molecule has 1 aromatic carbocycles. The number of aryl methyl sites for hydroxylation is 1. The van der Waals surface area contributed by atoms with E-state index >= 15 is 0 Å². The van der Waals surface area contributed by atoms with Crippen LogP contribution in [0.3, 0.4) is 0 Å². The molecule has 0 bridgehead atoms. The monoisotopic (exact) mass is 424 g/mol. The standard InChI is InChI=1S/C21H21ClN6O2/c1-12-2-5-15(25-21(30)17-8-14(11-24-28-17)13-3-4-13)9-16(12)20-26-18(22)10-19(27-20)23-6-7-29/h2,5,8-11,13,29H,3-4,6-7H2,1H3,(H,25,30)(H,23,26,27). The van der Waals surface area contributed by atoms with E-state index in [1.807, 2.05) is 19.1 Å². The molecule has 0 saturated heterocycles. The van der Waals surface area contributed by atoms with E-state index in [9.17, 15) is 4.79 Å². The minimum atomic E-state index is -0.322. The molecule has 0 spiro atoms. The molecule has 0 radical (unpaired) electrons. The van der Waals surface area contributed by atoms with E-state index in [1.165, 1.54) is 0 Å². The lowest BCUT2D eigenvalue weighted by atomic mass is 10.1. The lowest BCUT2D eigenvalue weighted by Gasteiger charge is -2.11. The maximum Gasteiger partial charge on any atom is 0.276 e. The Morgan fingerprint density at radius 2 is 2.07 bits per heavy atom. The van der Waals surface area contributed by atoms with Crippen LogP contribution in [0.4, 0.5) is 11.5 Å². The first-order valence-corrected chi connectivity index (χ1v) is 10.1. The molecule has 1 saturated carbocycles. The van der Waals surface area contributed by atoms with Crippen molar-refractivity contribution in [1.82, 2.24) is 20.2 Å². The average molecular weight is 425 g/mol. The molecule has 1 aliphatic rings. The third-order valence-electron chi connectivity index (χ3n) is 4.81. The Morgan fingerprint density at radius 1 is 1.23 bits per heavy atom. The summed E-state index contributed by atoms with van der Waals surface area (Å²) in [6.45, 7) is 2.25. The van der Waals surface area contributed by atoms with E-state index in [0.29, 0.717) is 29.8 Å². The quantitative estimate of drug-likeness (QED) is 0.498.